The summed E-state index contributed by atoms with van der Waals surface area (Å²) in [6.07, 6.45) is 2.03. The highest BCUT2D eigenvalue weighted by atomic mass is 32.2. The van der Waals surface area contributed by atoms with Gasteiger partial charge in [-0.3, -0.25) is 4.79 Å². The number of rotatable bonds is 7. The molecule has 0 unspecified atom stereocenters. The van der Waals surface area contributed by atoms with Crippen LogP contribution in [0.15, 0.2) is 16.3 Å². The molecule has 21 heavy (non-hydrogen) atoms. The molecule has 8 heteroatoms. The van der Waals surface area contributed by atoms with Crippen molar-refractivity contribution in [3.63, 3.8) is 0 Å². The van der Waals surface area contributed by atoms with Crippen LogP contribution in [0.4, 0.5) is 0 Å². The first-order chi connectivity index (χ1) is 10.0. The summed E-state index contributed by atoms with van der Waals surface area (Å²) in [5, 5.41) is 2.72. The van der Waals surface area contributed by atoms with Crippen LogP contribution in [0.3, 0.4) is 0 Å². The molecule has 0 aromatic carbocycles. The van der Waals surface area contributed by atoms with Crippen molar-refractivity contribution in [3.05, 3.63) is 17.0 Å². The lowest BCUT2D eigenvalue weighted by molar-refractivity contribution is -0.120. The molecule has 118 valence electrons. The highest BCUT2D eigenvalue weighted by molar-refractivity contribution is 7.91. The number of methoxy groups -OCH3 is 1. The van der Waals surface area contributed by atoms with E-state index >= 15 is 0 Å². The van der Waals surface area contributed by atoms with Gasteiger partial charge in [0.2, 0.25) is 5.91 Å². The summed E-state index contributed by atoms with van der Waals surface area (Å²) < 4.78 is 31.4. The van der Waals surface area contributed by atoms with Crippen LogP contribution in [0.25, 0.3) is 0 Å². The van der Waals surface area contributed by atoms with E-state index in [0.717, 1.165) is 17.7 Å². The first-order valence-electron chi connectivity index (χ1n) is 6.88. The monoisotopic (exact) mass is 332 g/mol. The van der Waals surface area contributed by atoms with E-state index < -0.39 is 10.0 Å². The van der Waals surface area contributed by atoms with Crippen LogP contribution in [0, 0.1) is 0 Å². The average molecular weight is 332 g/mol. The van der Waals surface area contributed by atoms with Gasteiger partial charge in [-0.2, -0.15) is 4.31 Å². The molecule has 0 saturated carbocycles. The van der Waals surface area contributed by atoms with Gasteiger partial charge in [0.1, 0.15) is 4.21 Å². The topological polar surface area (TPSA) is 75.7 Å². The van der Waals surface area contributed by atoms with E-state index in [9.17, 15) is 13.2 Å². The van der Waals surface area contributed by atoms with Crippen molar-refractivity contribution in [2.45, 2.75) is 23.5 Å². The highest BCUT2D eigenvalue weighted by Crippen LogP contribution is 2.27. The maximum atomic E-state index is 12.4. The van der Waals surface area contributed by atoms with Gasteiger partial charge < -0.3 is 10.1 Å². The molecule has 1 aromatic rings. The standard InChI is InChI=1S/C13H20N2O4S2/c1-19-9-6-14-12(16)10-11-4-5-13(20-11)21(17,18)15-7-2-3-8-15/h4-5H,2-3,6-10H2,1H3,(H,14,16). The summed E-state index contributed by atoms with van der Waals surface area (Å²) in [6, 6.07) is 3.31. The fraction of sp³-hybridized carbons (Fsp3) is 0.615. The molecule has 1 saturated heterocycles. The minimum atomic E-state index is -3.37. The van der Waals surface area contributed by atoms with Crippen molar-refractivity contribution >= 4 is 27.3 Å². The summed E-state index contributed by atoms with van der Waals surface area (Å²) in [5.41, 5.74) is 0. The smallest absolute Gasteiger partial charge is 0.252 e. The lowest BCUT2D eigenvalue weighted by atomic mass is 10.3. The van der Waals surface area contributed by atoms with Crippen molar-refractivity contribution in [1.82, 2.24) is 9.62 Å². The van der Waals surface area contributed by atoms with Crippen molar-refractivity contribution in [1.29, 1.82) is 0 Å². The quantitative estimate of drug-likeness (QED) is 0.751. The van der Waals surface area contributed by atoms with Gasteiger partial charge in [-0.05, 0) is 25.0 Å². The van der Waals surface area contributed by atoms with Crippen LogP contribution >= 0.6 is 11.3 Å². The fourth-order valence-corrected chi connectivity index (χ4v) is 5.19. The largest absolute Gasteiger partial charge is 0.383 e. The van der Waals surface area contributed by atoms with Crippen molar-refractivity contribution < 1.29 is 17.9 Å². The number of sulfonamides is 1. The number of thiophene rings is 1. The van der Waals surface area contributed by atoms with E-state index in [0.29, 0.717) is 30.5 Å². The molecule has 1 aromatic heterocycles. The highest BCUT2D eigenvalue weighted by Gasteiger charge is 2.28. The Bertz CT molecular complexity index is 577. The number of hydrogen-bond donors (Lipinski definition) is 1. The van der Waals surface area contributed by atoms with Crippen LogP contribution in [-0.2, 0) is 26.0 Å². The Morgan fingerprint density at radius 1 is 1.38 bits per heavy atom. The summed E-state index contributed by atoms with van der Waals surface area (Å²) in [6.45, 7) is 2.10. The summed E-state index contributed by atoms with van der Waals surface area (Å²) >= 11 is 1.17. The molecular weight excluding hydrogens is 312 g/mol. The van der Waals surface area contributed by atoms with E-state index in [2.05, 4.69) is 5.32 Å². The molecule has 1 N–H and O–H groups in total. The second-order valence-corrected chi connectivity index (χ2v) is 8.18. The predicted octanol–water partition coefficient (Wildman–Crippen LogP) is 0.838. The molecule has 2 heterocycles. The number of hydrogen-bond acceptors (Lipinski definition) is 5. The van der Waals surface area contributed by atoms with Crippen molar-refractivity contribution in [3.8, 4) is 0 Å². The van der Waals surface area contributed by atoms with Gasteiger partial charge in [0.05, 0.1) is 13.0 Å². The number of nitrogens with one attached hydrogen (secondary N) is 1. The number of amides is 1. The van der Waals surface area contributed by atoms with Gasteiger partial charge in [-0.1, -0.05) is 0 Å². The first-order valence-corrected chi connectivity index (χ1v) is 9.14. The molecule has 0 atom stereocenters. The van der Waals surface area contributed by atoms with Crippen molar-refractivity contribution in [2.24, 2.45) is 0 Å². The zero-order valence-electron chi connectivity index (χ0n) is 12.0. The Morgan fingerprint density at radius 3 is 2.76 bits per heavy atom. The van der Waals surface area contributed by atoms with Crippen LogP contribution in [0.5, 0.6) is 0 Å². The van der Waals surface area contributed by atoms with Gasteiger partial charge in [0.15, 0.2) is 0 Å². The summed E-state index contributed by atoms with van der Waals surface area (Å²) in [4.78, 5) is 12.4. The molecular formula is C13H20N2O4S2. The third-order valence-electron chi connectivity index (χ3n) is 3.26. The van der Waals surface area contributed by atoms with Crippen LogP contribution in [-0.4, -0.2) is 52.0 Å². The third kappa shape index (κ3) is 4.26. The van der Waals surface area contributed by atoms with Crippen molar-refractivity contribution in [2.75, 3.05) is 33.4 Å². The van der Waals surface area contributed by atoms with E-state index in [1.54, 1.807) is 19.2 Å². The first kappa shape index (κ1) is 16.4. The summed E-state index contributed by atoms with van der Waals surface area (Å²) in [5.74, 6) is -0.126. The molecule has 6 nitrogen and oxygen atoms in total. The minimum Gasteiger partial charge on any atom is -0.383 e. The normalized spacial score (nSPS) is 16.2. The molecule has 1 aliphatic heterocycles. The molecule has 0 aliphatic carbocycles. The number of nitrogens with zero attached hydrogens (tertiary/aromatic N) is 1. The third-order valence-corrected chi connectivity index (χ3v) is 6.71. The Hall–Kier alpha value is -0.960. The van der Waals surface area contributed by atoms with Crippen LogP contribution in [0.2, 0.25) is 0 Å². The lowest BCUT2D eigenvalue weighted by Gasteiger charge is -2.13. The van der Waals surface area contributed by atoms with E-state index in [1.807, 2.05) is 0 Å². The summed E-state index contributed by atoms with van der Waals surface area (Å²) in [7, 11) is -1.80. The number of ether oxygens (including phenoxy) is 1. The Kier molecular flexibility index (Phi) is 5.74. The van der Waals surface area contributed by atoms with Gasteiger partial charge in [-0.15, -0.1) is 11.3 Å². The Labute approximate surface area is 129 Å². The average Bonchev–Trinajstić information content (AvgIpc) is 3.10. The molecule has 1 fully saturated rings. The lowest BCUT2D eigenvalue weighted by Crippen LogP contribution is -2.28. The SMILES string of the molecule is COCCNC(=O)Cc1ccc(S(=O)(=O)N2CCCC2)s1. The molecule has 1 amide bonds. The minimum absolute atomic E-state index is 0.126. The van der Waals surface area contributed by atoms with Crippen LogP contribution < -0.4 is 5.32 Å². The fourth-order valence-electron chi connectivity index (χ4n) is 2.16. The number of carbonyl (C=O) groups excluding carboxylic acids is 1. The van der Waals surface area contributed by atoms with E-state index in [1.165, 1.54) is 15.6 Å². The molecule has 0 bridgehead atoms. The Morgan fingerprint density at radius 2 is 2.10 bits per heavy atom. The Balaban J connectivity index is 1.96. The zero-order valence-corrected chi connectivity index (χ0v) is 13.6. The van der Waals surface area contributed by atoms with E-state index in [-0.39, 0.29) is 12.3 Å². The maximum Gasteiger partial charge on any atom is 0.252 e. The van der Waals surface area contributed by atoms with Crippen LogP contribution in [0.1, 0.15) is 17.7 Å². The van der Waals surface area contributed by atoms with Gasteiger partial charge in [-0.25, -0.2) is 8.42 Å². The molecule has 0 spiro atoms. The molecule has 2 rings (SSSR count). The second-order valence-electron chi connectivity index (χ2n) is 4.85. The second kappa shape index (κ2) is 7.35. The van der Waals surface area contributed by atoms with Gasteiger partial charge >= 0.3 is 0 Å². The molecule has 1 aliphatic rings. The maximum absolute atomic E-state index is 12.4. The zero-order chi connectivity index (χ0) is 15.3. The predicted molar refractivity (Wildman–Crippen MR) is 80.9 cm³/mol. The van der Waals surface area contributed by atoms with E-state index in [4.69, 9.17) is 4.74 Å². The van der Waals surface area contributed by atoms with Gasteiger partial charge in [0, 0.05) is 31.6 Å². The van der Waals surface area contributed by atoms with Gasteiger partial charge in [0.25, 0.3) is 10.0 Å². The number of carbonyl (C=O) groups is 1. The molecule has 0 radical (unpaired) electrons.